The zero-order chi connectivity index (χ0) is 30.6. The summed E-state index contributed by atoms with van der Waals surface area (Å²) in [5.41, 5.74) is 11.6. The largest absolute Gasteiger partial charge is 0.309 e. The maximum atomic E-state index is 10.5. The van der Waals surface area contributed by atoms with Crippen LogP contribution in [-0.4, -0.2) is 9.13 Å². The Kier molecular flexibility index (Phi) is 5.88. The van der Waals surface area contributed by atoms with Gasteiger partial charge in [-0.05, 0) is 59.2 Å². The SMILES string of the molecule is N#Cc1cccc(-c2ccccc2-c2cccc3c2c2ccccc2n3-c2ccccc2)c1-n1c2ccccc2c2ccccc21. The van der Waals surface area contributed by atoms with Gasteiger partial charge in [0.25, 0.3) is 0 Å². The topological polar surface area (TPSA) is 33.6 Å². The maximum Gasteiger partial charge on any atom is 0.101 e. The summed E-state index contributed by atoms with van der Waals surface area (Å²) in [7, 11) is 0. The van der Waals surface area contributed by atoms with Crippen LogP contribution in [0.4, 0.5) is 0 Å². The third-order valence-corrected chi connectivity index (χ3v) is 9.18. The lowest BCUT2D eigenvalue weighted by Crippen LogP contribution is -2.01. The number of fused-ring (bicyclic) bond motifs is 6. The van der Waals surface area contributed by atoms with Crippen LogP contribution in [0.1, 0.15) is 5.56 Å². The van der Waals surface area contributed by atoms with E-state index in [-0.39, 0.29) is 0 Å². The predicted octanol–water partition coefficient (Wildman–Crippen LogP) is 11.1. The molecule has 0 amide bonds. The van der Waals surface area contributed by atoms with E-state index < -0.39 is 0 Å². The predicted molar refractivity (Wildman–Crippen MR) is 191 cm³/mol. The molecule has 0 fully saturated rings. The zero-order valence-corrected chi connectivity index (χ0v) is 24.9. The molecule has 9 rings (SSSR count). The summed E-state index contributed by atoms with van der Waals surface area (Å²) in [5.74, 6) is 0. The smallest absolute Gasteiger partial charge is 0.101 e. The molecule has 0 radical (unpaired) electrons. The van der Waals surface area contributed by atoms with E-state index in [2.05, 4.69) is 167 Å². The highest BCUT2D eigenvalue weighted by molar-refractivity contribution is 6.17. The molecule has 3 nitrogen and oxygen atoms in total. The van der Waals surface area contributed by atoms with Gasteiger partial charge in [0.2, 0.25) is 0 Å². The minimum absolute atomic E-state index is 0.637. The number of rotatable bonds is 4. The Bertz CT molecular complexity index is 2600. The molecule has 46 heavy (non-hydrogen) atoms. The second-order valence-corrected chi connectivity index (χ2v) is 11.6. The Labute approximate surface area is 266 Å². The number of aromatic nitrogens is 2. The third-order valence-electron chi connectivity index (χ3n) is 9.18. The average molecular weight is 586 g/mol. The first-order chi connectivity index (χ1) is 22.8. The summed E-state index contributed by atoms with van der Waals surface area (Å²) >= 11 is 0. The highest BCUT2D eigenvalue weighted by Gasteiger charge is 2.22. The molecule has 2 heterocycles. The van der Waals surface area contributed by atoms with Crippen molar-refractivity contribution in [1.29, 1.82) is 5.26 Å². The molecule has 0 saturated carbocycles. The Morgan fingerprint density at radius 1 is 0.370 bits per heavy atom. The van der Waals surface area contributed by atoms with Crippen molar-refractivity contribution >= 4 is 43.6 Å². The van der Waals surface area contributed by atoms with Gasteiger partial charge in [0.05, 0.1) is 33.3 Å². The minimum atomic E-state index is 0.637. The molecular formula is C43H27N3. The lowest BCUT2D eigenvalue weighted by molar-refractivity contribution is 1.17. The number of nitriles is 1. The van der Waals surface area contributed by atoms with Gasteiger partial charge < -0.3 is 9.13 Å². The summed E-state index contributed by atoms with van der Waals surface area (Å²) < 4.78 is 4.63. The molecule has 0 bridgehead atoms. The fraction of sp³-hybridized carbons (Fsp3) is 0. The molecular weight excluding hydrogens is 558 g/mol. The van der Waals surface area contributed by atoms with Gasteiger partial charge in [0.15, 0.2) is 0 Å². The van der Waals surface area contributed by atoms with E-state index in [1.54, 1.807) is 0 Å². The lowest BCUT2D eigenvalue weighted by Gasteiger charge is -2.18. The van der Waals surface area contributed by atoms with Gasteiger partial charge in [0, 0.05) is 32.8 Å². The highest BCUT2D eigenvalue weighted by atomic mass is 15.0. The van der Waals surface area contributed by atoms with Crippen LogP contribution in [0.25, 0.3) is 77.2 Å². The first kappa shape index (κ1) is 26.1. The molecule has 0 aliphatic rings. The van der Waals surface area contributed by atoms with Gasteiger partial charge in [-0.1, -0.05) is 121 Å². The second kappa shape index (κ2) is 10.4. The molecule has 0 aliphatic carbocycles. The van der Waals surface area contributed by atoms with Gasteiger partial charge in [-0.3, -0.25) is 0 Å². The monoisotopic (exact) mass is 585 g/mol. The van der Waals surface area contributed by atoms with Crippen molar-refractivity contribution in [3.05, 3.63) is 169 Å². The van der Waals surface area contributed by atoms with Gasteiger partial charge in [-0.2, -0.15) is 5.26 Å². The first-order valence-electron chi connectivity index (χ1n) is 15.5. The van der Waals surface area contributed by atoms with Crippen molar-refractivity contribution in [2.45, 2.75) is 0 Å². The van der Waals surface area contributed by atoms with Crippen molar-refractivity contribution in [2.75, 3.05) is 0 Å². The van der Waals surface area contributed by atoms with E-state index in [1.807, 2.05) is 12.1 Å². The van der Waals surface area contributed by atoms with E-state index >= 15 is 0 Å². The average Bonchev–Trinajstić information content (AvgIpc) is 3.65. The fourth-order valence-electron chi connectivity index (χ4n) is 7.31. The highest BCUT2D eigenvalue weighted by Crippen LogP contribution is 2.44. The summed E-state index contributed by atoms with van der Waals surface area (Å²) in [6, 6.07) is 60.0. The Morgan fingerprint density at radius 3 is 1.52 bits per heavy atom. The van der Waals surface area contributed by atoms with Crippen LogP contribution in [0.5, 0.6) is 0 Å². The van der Waals surface area contributed by atoms with Gasteiger partial charge in [-0.25, -0.2) is 0 Å². The van der Waals surface area contributed by atoms with Crippen molar-refractivity contribution < 1.29 is 0 Å². The standard InChI is InChI=1S/C43H27N3/c44-28-29-14-12-23-36(43(29)46-38-24-9-6-19-33(38)34-20-7-10-25-39(34)46)32-18-5-4-17-31(32)35-22-13-27-41-42(35)37-21-8-11-26-40(37)45(41)30-15-2-1-3-16-30/h1-27H. The van der Waals surface area contributed by atoms with E-state index in [9.17, 15) is 5.26 Å². The fourth-order valence-corrected chi connectivity index (χ4v) is 7.31. The maximum absolute atomic E-state index is 10.5. The second-order valence-electron chi connectivity index (χ2n) is 11.6. The lowest BCUT2D eigenvalue weighted by atomic mass is 9.90. The summed E-state index contributed by atoms with van der Waals surface area (Å²) in [4.78, 5) is 0. The molecule has 214 valence electrons. The van der Waals surface area contributed by atoms with Crippen LogP contribution < -0.4 is 0 Å². The molecule has 3 heteroatoms. The molecule has 0 atom stereocenters. The summed E-state index contributed by atoms with van der Waals surface area (Å²) in [6.45, 7) is 0. The quantitative estimate of drug-likeness (QED) is 0.202. The van der Waals surface area contributed by atoms with E-state index in [1.165, 1.54) is 27.1 Å². The van der Waals surface area contributed by atoms with Crippen LogP contribution in [-0.2, 0) is 0 Å². The number of nitrogens with zero attached hydrogens (tertiary/aromatic N) is 3. The Balaban J connectivity index is 1.38. The van der Waals surface area contributed by atoms with Crippen molar-refractivity contribution in [3.8, 4) is 39.7 Å². The summed E-state index contributed by atoms with van der Waals surface area (Å²) in [5, 5.41) is 15.3. The third kappa shape index (κ3) is 3.78. The Hall–Kier alpha value is -6.37. The Morgan fingerprint density at radius 2 is 0.848 bits per heavy atom. The van der Waals surface area contributed by atoms with Crippen LogP contribution in [0.2, 0.25) is 0 Å². The van der Waals surface area contributed by atoms with Crippen LogP contribution in [0.15, 0.2) is 164 Å². The molecule has 7 aromatic carbocycles. The molecule has 0 aliphatic heterocycles. The van der Waals surface area contributed by atoms with Crippen molar-refractivity contribution in [3.63, 3.8) is 0 Å². The number of hydrogen-bond donors (Lipinski definition) is 0. The summed E-state index contributed by atoms with van der Waals surface area (Å²) in [6.07, 6.45) is 0. The molecule has 9 aromatic rings. The normalized spacial score (nSPS) is 11.5. The molecule has 0 unspecified atom stereocenters. The molecule has 0 N–H and O–H groups in total. The molecule has 2 aromatic heterocycles. The van der Waals surface area contributed by atoms with Gasteiger partial charge in [-0.15, -0.1) is 0 Å². The van der Waals surface area contributed by atoms with E-state index in [0.717, 1.165) is 50.2 Å². The zero-order valence-electron chi connectivity index (χ0n) is 24.9. The van der Waals surface area contributed by atoms with Crippen LogP contribution in [0, 0.1) is 11.3 Å². The van der Waals surface area contributed by atoms with Crippen LogP contribution in [0.3, 0.4) is 0 Å². The van der Waals surface area contributed by atoms with Gasteiger partial charge >= 0.3 is 0 Å². The number of benzene rings is 7. The number of para-hydroxylation sites is 5. The number of hydrogen-bond acceptors (Lipinski definition) is 1. The van der Waals surface area contributed by atoms with Crippen LogP contribution >= 0.6 is 0 Å². The van der Waals surface area contributed by atoms with E-state index in [0.29, 0.717) is 5.56 Å². The van der Waals surface area contributed by atoms with Crippen molar-refractivity contribution in [1.82, 2.24) is 9.13 Å². The minimum Gasteiger partial charge on any atom is -0.309 e. The van der Waals surface area contributed by atoms with E-state index in [4.69, 9.17) is 0 Å². The van der Waals surface area contributed by atoms with Gasteiger partial charge in [0.1, 0.15) is 6.07 Å². The molecule has 0 saturated heterocycles. The molecule has 0 spiro atoms. The van der Waals surface area contributed by atoms with Crippen molar-refractivity contribution in [2.24, 2.45) is 0 Å². The first-order valence-corrected chi connectivity index (χ1v) is 15.5.